The van der Waals surface area contributed by atoms with E-state index in [1.807, 2.05) is 23.5 Å². The molecule has 0 radical (unpaired) electrons. The molecule has 4 nitrogen and oxygen atoms in total. The summed E-state index contributed by atoms with van der Waals surface area (Å²) in [7, 11) is 0. The predicted octanol–water partition coefficient (Wildman–Crippen LogP) is 11.5. The smallest absolute Gasteiger partial charge is 0.222 e. The number of nitrogens with zero attached hydrogens (tertiary/aromatic N) is 1. The number of hydrogen-bond donors (Lipinski definition) is 2. The molecule has 6 rings (SSSR count). The van der Waals surface area contributed by atoms with E-state index >= 15 is 0 Å². The first kappa shape index (κ1) is 44.0. The zero-order valence-electron chi connectivity index (χ0n) is 35.2. The highest BCUT2D eigenvalue weighted by Crippen LogP contribution is 2.55. The number of hydrogen-bond acceptors (Lipinski definition) is 5. The molecule has 0 unspecified atom stereocenters. The number of unbranched alkanes of at least 4 members (excludes halogenated alkanes) is 1. The maximum Gasteiger partial charge on any atom is 0.222 e. The minimum atomic E-state index is -0.524. The number of carbonyl (C=O) groups excluding carboxylic acids is 1. The number of nitrogens with two attached hydrogens (primary N) is 1. The first-order valence-corrected chi connectivity index (χ1v) is 22.6. The molecule has 3 N–H and O–H groups in total. The number of rotatable bonds is 21. The number of thioether (sulfide) groups is 2. The molecule has 0 bridgehead atoms. The van der Waals surface area contributed by atoms with Crippen molar-refractivity contribution in [3.05, 3.63) is 215 Å². The molecular weight excluding hydrogens is 759 g/mol. The summed E-state index contributed by atoms with van der Waals surface area (Å²) in [6.07, 6.45) is 2.24. The Bertz CT molecular complexity index is 1790. The van der Waals surface area contributed by atoms with Gasteiger partial charge in [0.2, 0.25) is 5.91 Å². The van der Waals surface area contributed by atoms with E-state index in [0.717, 1.165) is 25.9 Å². The Labute approximate surface area is 362 Å². The fourth-order valence-electron chi connectivity index (χ4n) is 8.35. The molecule has 6 heteroatoms. The molecule has 0 saturated carbocycles. The zero-order chi connectivity index (χ0) is 41.6. The minimum absolute atomic E-state index is 0.195. The second-order valence-electron chi connectivity index (χ2n) is 16.5. The number of nitrogens with one attached hydrogen (secondary N) is 1. The molecule has 6 aromatic carbocycles. The van der Waals surface area contributed by atoms with Crippen LogP contribution in [0.3, 0.4) is 0 Å². The molecule has 0 heterocycles. The van der Waals surface area contributed by atoms with Gasteiger partial charge in [0.15, 0.2) is 0 Å². The van der Waals surface area contributed by atoms with Gasteiger partial charge in [-0.15, -0.1) is 23.5 Å². The van der Waals surface area contributed by atoms with Gasteiger partial charge in [-0.1, -0.05) is 182 Å². The average molecular weight is 820 g/mol. The van der Waals surface area contributed by atoms with Crippen LogP contribution in [0.1, 0.15) is 80.3 Å². The molecular formula is C53H61N3OS2. The summed E-state index contributed by atoms with van der Waals surface area (Å²) in [5, 5.41) is 3.40. The lowest BCUT2D eigenvalue weighted by Crippen LogP contribution is -2.49. The van der Waals surface area contributed by atoms with Gasteiger partial charge in [-0.2, -0.15) is 0 Å². The van der Waals surface area contributed by atoms with Gasteiger partial charge in [-0.25, -0.2) is 0 Å². The van der Waals surface area contributed by atoms with Gasteiger partial charge in [-0.3, -0.25) is 4.79 Å². The van der Waals surface area contributed by atoms with Gasteiger partial charge < -0.3 is 16.0 Å². The molecule has 1 amide bonds. The van der Waals surface area contributed by atoms with Gasteiger partial charge in [0.05, 0.1) is 9.49 Å². The lowest BCUT2D eigenvalue weighted by molar-refractivity contribution is -0.132. The molecule has 0 atom stereocenters. The van der Waals surface area contributed by atoms with Crippen molar-refractivity contribution in [1.82, 2.24) is 10.2 Å². The van der Waals surface area contributed by atoms with Crippen molar-refractivity contribution in [3.8, 4) is 0 Å². The first-order chi connectivity index (χ1) is 28.6. The van der Waals surface area contributed by atoms with Crippen LogP contribution in [0.4, 0.5) is 0 Å². The lowest BCUT2D eigenvalue weighted by Gasteiger charge is -2.46. The lowest BCUT2D eigenvalue weighted by atomic mass is 9.84. The summed E-state index contributed by atoms with van der Waals surface area (Å²) in [5.41, 5.74) is 13.0. The van der Waals surface area contributed by atoms with Crippen LogP contribution in [-0.4, -0.2) is 53.0 Å². The van der Waals surface area contributed by atoms with Crippen molar-refractivity contribution >= 4 is 29.4 Å². The third-order valence-electron chi connectivity index (χ3n) is 10.8. The summed E-state index contributed by atoms with van der Waals surface area (Å²) in [4.78, 5) is 17.0. The number of amides is 1. The SMILES string of the molecule is CC(C)(CN(CC(C)(C)SC(c1ccccc1)(c1ccccc1)c1ccccc1)C(=O)CCCCNCCN)SC(c1ccccc1)(c1ccccc1)c1ccccc1. The third kappa shape index (κ3) is 11.0. The highest BCUT2D eigenvalue weighted by atomic mass is 32.2. The average Bonchev–Trinajstić information content (AvgIpc) is 3.27. The van der Waals surface area contributed by atoms with E-state index in [1.165, 1.54) is 33.4 Å². The van der Waals surface area contributed by atoms with E-state index in [-0.39, 0.29) is 15.4 Å². The normalized spacial score (nSPS) is 12.3. The second kappa shape index (κ2) is 20.6. The number of benzene rings is 6. The van der Waals surface area contributed by atoms with E-state index in [2.05, 4.69) is 220 Å². The van der Waals surface area contributed by atoms with Crippen molar-refractivity contribution in [2.45, 2.75) is 65.9 Å². The Hall–Kier alpha value is -4.59. The van der Waals surface area contributed by atoms with E-state index in [1.54, 1.807) is 0 Å². The topological polar surface area (TPSA) is 58.4 Å². The van der Waals surface area contributed by atoms with Gasteiger partial charge in [0.1, 0.15) is 0 Å². The van der Waals surface area contributed by atoms with Crippen LogP contribution in [0.25, 0.3) is 0 Å². The Morgan fingerprint density at radius 1 is 0.475 bits per heavy atom. The van der Waals surface area contributed by atoms with Crippen LogP contribution in [0.5, 0.6) is 0 Å². The van der Waals surface area contributed by atoms with Crippen molar-refractivity contribution < 1.29 is 4.79 Å². The molecule has 0 aliphatic carbocycles. The van der Waals surface area contributed by atoms with Crippen molar-refractivity contribution in [2.24, 2.45) is 5.73 Å². The molecule has 0 fully saturated rings. The van der Waals surface area contributed by atoms with Crippen molar-refractivity contribution in [3.63, 3.8) is 0 Å². The van der Waals surface area contributed by atoms with Crippen LogP contribution in [0.2, 0.25) is 0 Å². The highest BCUT2D eigenvalue weighted by Gasteiger charge is 2.46. The van der Waals surface area contributed by atoms with E-state index in [0.29, 0.717) is 26.1 Å². The van der Waals surface area contributed by atoms with Crippen LogP contribution in [-0.2, 0) is 14.3 Å². The van der Waals surface area contributed by atoms with Gasteiger partial charge >= 0.3 is 0 Å². The molecule has 0 spiro atoms. The van der Waals surface area contributed by atoms with Crippen molar-refractivity contribution in [2.75, 3.05) is 32.7 Å². The van der Waals surface area contributed by atoms with Gasteiger partial charge in [0.25, 0.3) is 0 Å². The maximum absolute atomic E-state index is 14.8. The zero-order valence-corrected chi connectivity index (χ0v) is 36.9. The monoisotopic (exact) mass is 819 g/mol. The highest BCUT2D eigenvalue weighted by molar-refractivity contribution is 8.02. The standard InChI is InChI=1S/C53H61N3OS2/c1-50(2,58-52(43-25-11-5-12-26-43,44-27-13-6-14-28-44)45-29-15-7-16-30-45)41-56(49(57)37-23-24-39-55-40-38-54)42-51(3,4)59-53(46-31-17-8-18-32-46,47-33-19-9-20-34-47)48-35-21-10-22-36-48/h5-22,25-36,55H,23-24,37-42,54H2,1-4H3. The van der Waals surface area contributed by atoms with Gasteiger partial charge in [-0.05, 0) is 80.5 Å². The molecule has 0 saturated heterocycles. The van der Waals surface area contributed by atoms with E-state index in [4.69, 9.17) is 5.73 Å². The number of carbonyl (C=O) groups is 1. The van der Waals surface area contributed by atoms with Gasteiger partial charge in [0, 0.05) is 42.1 Å². The Balaban J connectivity index is 1.40. The molecule has 6 aromatic rings. The summed E-state index contributed by atoms with van der Waals surface area (Å²) < 4.78 is -1.81. The molecule has 306 valence electrons. The second-order valence-corrected chi connectivity index (χ2v) is 20.4. The van der Waals surface area contributed by atoms with E-state index in [9.17, 15) is 4.79 Å². The summed E-state index contributed by atoms with van der Waals surface area (Å²) >= 11 is 3.89. The Morgan fingerprint density at radius 2 is 0.763 bits per heavy atom. The van der Waals surface area contributed by atoms with Crippen LogP contribution < -0.4 is 11.1 Å². The van der Waals surface area contributed by atoms with Crippen LogP contribution >= 0.6 is 23.5 Å². The summed E-state index contributed by atoms with van der Waals surface area (Å²) in [6.45, 7) is 12.7. The summed E-state index contributed by atoms with van der Waals surface area (Å²) in [6, 6.07) is 65.2. The minimum Gasteiger partial charge on any atom is -0.340 e. The first-order valence-electron chi connectivity index (χ1n) is 21.0. The predicted molar refractivity (Wildman–Crippen MR) is 254 cm³/mol. The largest absolute Gasteiger partial charge is 0.340 e. The fourth-order valence-corrected chi connectivity index (χ4v) is 12.0. The molecule has 59 heavy (non-hydrogen) atoms. The molecule has 0 aliphatic heterocycles. The quantitative estimate of drug-likeness (QED) is 0.0560. The molecule has 0 aromatic heterocycles. The van der Waals surface area contributed by atoms with Crippen LogP contribution in [0, 0.1) is 0 Å². The fraction of sp³-hybridized carbons (Fsp3) is 0.302. The molecule has 0 aliphatic rings. The van der Waals surface area contributed by atoms with E-state index < -0.39 is 9.49 Å². The summed E-state index contributed by atoms with van der Waals surface area (Å²) in [5.74, 6) is 0.195. The van der Waals surface area contributed by atoms with Crippen molar-refractivity contribution in [1.29, 1.82) is 0 Å². The Kier molecular flexibility index (Phi) is 15.3. The Morgan fingerprint density at radius 3 is 1.03 bits per heavy atom. The third-order valence-corrected chi connectivity index (χ3v) is 14.1. The van der Waals surface area contributed by atoms with Crippen LogP contribution in [0.15, 0.2) is 182 Å². The maximum atomic E-state index is 14.8.